The zero-order chi connectivity index (χ0) is 12.9. The van der Waals surface area contributed by atoms with Gasteiger partial charge in [-0.15, -0.1) is 0 Å². The molecule has 94 valence electrons. The van der Waals surface area contributed by atoms with E-state index in [0.29, 0.717) is 0 Å². The second kappa shape index (κ2) is 5.69. The van der Waals surface area contributed by atoms with Crippen LogP contribution in [0.1, 0.15) is 34.1 Å². The lowest BCUT2D eigenvalue weighted by Gasteiger charge is -2.23. The molecule has 0 aromatic rings. The topological polar surface area (TPSA) is 95.9 Å². The summed E-state index contributed by atoms with van der Waals surface area (Å²) in [5.74, 6) is -1.12. The highest BCUT2D eigenvalue weighted by Gasteiger charge is 2.22. The van der Waals surface area contributed by atoms with Crippen molar-refractivity contribution >= 4 is 12.1 Å². The van der Waals surface area contributed by atoms with Crippen molar-refractivity contribution in [2.45, 2.75) is 51.9 Å². The van der Waals surface area contributed by atoms with Gasteiger partial charge in [-0.2, -0.15) is 0 Å². The van der Waals surface area contributed by atoms with Crippen LogP contribution in [0.2, 0.25) is 0 Å². The van der Waals surface area contributed by atoms with E-state index in [2.05, 4.69) is 5.32 Å². The van der Waals surface area contributed by atoms with E-state index in [-0.39, 0.29) is 0 Å². The fourth-order valence-corrected chi connectivity index (χ4v) is 0.945. The third-order valence-corrected chi connectivity index (χ3v) is 1.71. The van der Waals surface area contributed by atoms with Crippen molar-refractivity contribution in [3.05, 3.63) is 0 Å². The first-order valence-electron chi connectivity index (χ1n) is 5.01. The molecule has 0 radical (unpaired) electrons. The van der Waals surface area contributed by atoms with E-state index in [1.165, 1.54) is 6.92 Å². The summed E-state index contributed by atoms with van der Waals surface area (Å²) in [6.07, 6.45) is -2.23. The number of carboxylic acid groups (broad SMARTS) is 1. The van der Waals surface area contributed by atoms with E-state index in [1.54, 1.807) is 20.8 Å². The molecule has 0 rings (SSSR count). The van der Waals surface area contributed by atoms with Gasteiger partial charge in [-0.1, -0.05) is 0 Å². The minimum absolute atomic E-state index is 0.420. The first-order valence-corrected chi connectivity index (χ1v) is 5.01. The summed E-state index contributed by atoms with van der Waals surface area (Å²) in [5.41, 5.74) is -0.623. The first kappa shape index (κ1) is 14.7. The molecular formula is C10H19NO5. The number of rotatable bonds is 4. The molecule has 0 saturated heterocycles. The Morgan fingerprint density at radius 3 is 2.25 bits per heavy atom. The highest BCUT2D eigenvalue weighted by molar-refractivity contribution is 5.69. The first-order chi connectivity index (χ1) is 7.11. The lowest BCUT2D eigenvalue weighted by molar-refractivity contribution is -0.139. The number of aliphatic hydroxyl groups is 1. The second-order valence-electron chi connectivity index (χ2n) is 4.60. The molecule has 0 fully saturated rings. The van der Waals surface area contributed by atoms with Gasteiger partial charge in [-0.3, -0.25) is 4.79 Å². The molecule has 0 aromatic heterocycles. The Balaban J connectivity index is 4.09. The standard InChI is InChI=1S/C10H19NO5/c1-6(7(12)5-8(13)14)11-9(15)16-10(2,3)4/h6-7,12H,5H2,1-4H3,(H,11,15)(H,13,14)/t6-,7-/m1/s1. The summed E-state index contributed by atoms with van der Waals surface area (Å²) >= 11 is 0. The number of amides is 1. The zero-order valence-electron chi connectivity index (χ0n) is 9.98. The molecule has 0 aromatic carbocycles. The van der Waals surface area contributed by atoms with Crippen molar-refractivity contribution in [2.24, 2.45) is 0 Å². The quantitative estimate of drug-likeness (QED) is 0.665. The molecule has 6 heteroatoms. The summed E-state index contributed by atoms with van der Waals surface area (Å²) in [4.78, 5) is 21.6. The number of aliphatic carboxylic acids is 1. The van der Waals surface area contributed by atoms with Crippen molar-refractivity contribution in [3.8, 4) is 0 Å². The van der Waals surface area contributed by atoms with Crippen LogP contribution in [0.5, 0.6) is 0 Å². The van der Waals surface area contributed by atoms with E-state index in [9.17, 15) is 14.7 Å². The molecular weight excluding hydrogens is 214 g/mol. The lowest BCUT2D eigenvalue weighted by atomic mass is 10.1. The summed E-state index contributed by atoms with van der Waals surface area (Å²) in [6, 6.07) is -0.675. The van der Waals surface area contributed by atoms with E-state index < -0.39 is 36.2 Å². The van der Waals surface area contributed by atoms with E-state index in [1.807, 2.05) is 0 Å². The molecule has 1 amide bonds. The number of alkyl carbamates (subject to hydrolysis) is 1. The van der Waals surface area contributed by atoms with Crippen LogP contribution < -0.4 is 5.32 Å². The number of hydrogen-bond acceptors (Lipinski definition) is 4. The van der Waals surface area contributed by atoms with E-state index in [0.717, 1.165) is 0 Å². The van der Waals surface area contributed by atoms with Crippen LogP contribution in [0.25, 0.3) is 0 Å². The van der Waals surface area contributed by atoms with E-state index >= 15 is 0 Å². The van der Waals surface area contributed by atoms with Gasteiger partial charge in [0.2, 0.25) is 0 Å². The smallest absolute Gasteiger partial charge is 0.407 e. The van der Waals surface area contributed by atoms with Gasteiger partial charge in [0.05, 0.1) is 18.6 Å². The maximum absolute atomic E-state index is 11.3. The molecule has 0 spiro atoms. The van der Waals surface area contributed by atoms with Gasteiger partial charge in [-0.05, 0) is 27.7 Å². The Bertz CT molecular complexity index is 258. The predicted molar refractivity (Wildman–Crippen MR) is 57.1 cm³/mol. The van der Waals surface area contributed by atoms with Gasteiger partial charge in [0.1, 0.15) is 5.60 Å². The number of carbonyl (C=O) groups is 2. The Hall–Kier alpha value is -1.30. The molecule has 16 heavy (non-hydrogen) atoms. The lowest BCUT2D eigenvalue weighted by Crippen LogP contribution is -2.44. The van der Waals surface area contributed by atoms with Gasteiger partial charge in [-0.25, -0.2) is 4.79 Å². The maximum atomic E-state index is 11.3. The molecule has 6 nitrogen and oxygen atoms in total. The largest absolute Gasteiger partial charge is 0.481 e. The van der Waals surface area contributed by atoms with Crippen LogP contribution >= 0.6 is 0 Å². The van der Waals surface area contributed by atoms with Gasteiger partial charge < -0.3 is 20.3 Å². The molecule has 0 saturated carbocycles. The van der Waals surface area contributed by atoms with Crippen LogP contribution in [0.3, 0.4) is 0 Å². The number of ether oxygens (including phenoxy) is 1. The van der Waals surface area contributed by atoms with Crippen molar-refractivity contribution in [3.63, 3.8) is 0 Å². The van der Waals surface area contributed by atoms with Crippen LogP contribution in [0.15, 0.2) is 0 Å². The molecule has 2 atom stereocenters. The Morgan fingerprint density at radius 1 is 1.38 bits per heavy atom. The normalized spacial score (nSPS) is 15.1. The highest BCUT2D eigenvalue weighted by Crippen LogP contribution is 2.07. The Labute approximate surface area is 94.6 Å². The van der Waals surface area contributed by atoms with Crippen LogP contribution in [-0.4, -0.2) is 40.0 Å². The summed E-state index contributed by atoms with van der Waals surface area (Å²) in [7, 11) is 0. The fraction of sp³-hybridized carbons (Fsp3) is 0.800. The van der Waals surface area contributed by atoms with Gasteiger partial charge >= 0.3 is 12.1 Å². The second-order valence-corrected chi connectivity index (χ2v) is 4.60. The van der Waals surface area contributed by atoms with Crippen molar-refractivity contribution < 1.29 is 24.5 Å². The van der Waals surface area contributed by atoms with Crippen LogP contribution in [0.4, 0.5) is 4.79 Å². The Morgan fingerprint density at radius 2 is 1.88 bits per heavy atom. The fourth-order valence-electron chi connectivity index (χ4n) is 0.945. The number of hydrogen-bond donors (Lipinski definition) is 3. The van der Waals surface area contributed by atoms with E-state index in [4.69, 9.17) is 9.84 Å². The van der Waals surface area contributed by atoms with Crippen molar-refractivity contribution in [2.75, 3.05) is 0 Å². The highest BCUT2D eigenvalue weighted by atomic mass is 16.6. The minimum atomic E-state index is -1.13. The molecule has 0 unspecified atom stereocenters. The molecule has 3 N–H and O–H groups in total. The third-order valence-electron chi connectivity index (χ3n) is 1.71. The molecule has 0 aliphatic heterocycles. The zero-order valence-corrected chi connectivity index (χ0v) is 9.98. The number of aliphatic hydroxyl groups excluding tert-OH is 1. The number of nitrogens with one attached hydrogen (secondary N) is 1. The van der Waals surface area contributed by atoms with Crippen molar-refractivity contribution in [1.82, 2.24) is 5.32 Å². The van der Waals surface area contributed by atoms with Crippen molar-refractivity contribution in [1.29, 1.82) is 0 Å². The number of carboxylic acids is 1. The average molecular weight is 233 g/mol. The molecule has 0 aliphatic carbocycles. The van der Waals surface area contributed by atoms with Crippen LogP contribution in [0, 0.1) is 0 Å². The predicted octanol–water partition coefficient (Wildman–Crippen LogP) is 0.735. The molecule has 0 heterocycles. The van der Waals surface area contributed by atoms with Crippen LogP contribution in [-0.2, 0) is 9.53 Å². The number of carbonyl (C=O) groups excluding carboxylic acids is 1. The third kappa shape index (κ3) is 7.05. The summed E-state index contributed by atoms with van der Waals surface area (Å²) in [6.45, 7) is 6.65. The molecule has 0 bridgehead atoms. The monoisotopic (exact) mass is 233 g/mol. The Kier molecular flexibility index (Phi) is 5.23. The minimum Gasteiger partial charge on any atom is -0.481 e. The van der Waals surface area contributed by atoms with Gasteiger partial charge in [0.25, 0.3) is 0 Å². The average Bonchev–Trinajstić information content (AvgIpc) is 1.98. The summed E-state index contributed by atoms with van der Waals surface area (Å²) in [5, 5.41) is 20.2. The molecule has 0 aliphatic rings. The van der Waals surface area contributed by atoms with Gasteiger partial charge in [0.15, 0.2) is 0 Å². The van der Waals surface area contributed by atoms with Gasteiger partial charge in [0, 0.05) is 0 Å². The summed E-state index contributed by atoms with van der Waals surface area (Å²) < 4.78 is 4.95. The maximum Gasteiger partial charge on any atom is 0.407 e. The SMILES string of the molecule is C[C@@H](NC(=O)OC(C)(C)C)[C@H](O)CC(=O)O.